The summed E-state index contributed by atoms with van der Waals surface area (Å²) in [4.78, 5) is 0.578. The Balaban J connectivity index is 2.39. The van der Waals surface area contributed by atoms with E-state index < -0.39 is 17.7 Å². The van der Waals surface area contributed by atoms with Gasteiger partial charge in [0.05, 0.1) is 3.79 Å². The summed E-state index contributed by atoms with van der Waals surface area (Å²) in [6.45, 7) is 0. The first-order chi connectivity index (χ1) is 7.99. The molecule has 1 heterocycles. The minimum atomic E-state index is -1.09. The maximum absolute atomic E-state index is 13.5. The summed E-state index contributed by atoms with van der Waals surface area (Å²) in [5, 5.41) is 10.0. The molecule has 1 aromatic carbocycles. The van der Waals surface area contributed by atoms with E-state index in [9.17, 15) is 13.9 Å². The van der Waals surface area contributed by atoms with Gasteiger partial charge in [-0.2, -0.15) is 0 Å². The van der Waals surface area contributed by atoms with Gasteiger partial charge in [-0.05, 0) is 44.0 Å². The number of aliphatic hydroxyl groups excluding tert-OH is 1. The van der Waals surface area contributed by atoms with Crippen LogP contribution in [0.25, 0.3) is 0 Å². The third kappa shape index (κ3) is 2.76. The first-order valence-electron chi connectivity index (χ1n) is 4.57. The molecule has 2 aromatic rings. The monoisotopic (exact) mass is 382 g/mol. The number of benzene rings is 1. The van der Waals surface area contributed by atoms with E-state index in [4.69, 9.17) is 0 Å². The van der Waals surface area contributed by atoms with Crippen LogP contribution in [0.2, 0.25) is 0 Å². The molecule has 2 rings (SSSR count). The molecule has 1 aromatic heterocycles. The van der Waals surface area contributed by atoms with Crippen molar-refractivity contribution < 1.29 is 13.9 Å². The highest BCUT2D eigenvalue weighted by Gasteiger charge is 2.18. The third-order valence-corrected chi connectivity index (χ3v) is 5.50. The number of hydrogen-bond acceptors (Lipinski definition) is 2. The third-order valence-electron chi connectivity index (χ3n) is 2.19. The van der Waals surface area contributed by atoms with Gasteiger partial charge in [-0.1, -0.05) is 6.07 Å². The van der Waals surface area contributed by atoms with E-state index in [1.807, 2.05) is 0 Å². The van der Waals surface area contributed by atoms with Crippen molar-refractivity contribution in [1.29, 1.82) is 0 Å². The van der Waals surface area contributed by atoms with Gasteiger partial charge < -0.3 is 5.11 Å². The van der Waals surface area contributed by atoms with Crippen LogP contribution in [0.3, 0.4) is 0 Å². The van der Waals surface area contributed by atoms with Crippen LogP contribution in [0, 0.1) is 11.6 Å². The van der Waals surface area contributed by atoms with E-state index in [1.54, 1.807) is 6.07 Å². The molecule has 1 atom stereocenters. The highest BCUT2D eigenvalue weighted by molar-refractivity contribution is 9.13. The summed E-state index contributed by atoms with van der Waals surface area (Å²) in [5.74, 6) is -1.41. The normalized spacial score (nSPS) is 12.8. The molecule has 6 heteroatoms. The summed E-state index contributed by atoms with van der Waals surface area (Å²) in [6, 6.07) is 4.83. The second-order valence-corrected chi connectivity index (χ2v) is 6.59. The van der Waals surface area contributed by atoms with Crippen LogP contribution in [0.5, 0.6) is 0 Å². The Morgan fingerprint density at radius 3 is 2.41 bits per heavy atom. The zero-order chi connectivity index (χ0) is 12.6. The fourth-order valence-electron chi connectivity index (χ4n) is 1.37. The molecule has 17 heavy (non-hydrogen) atoms. The van der Waals surface area contributed by atoms with Crippen LogP contribution in [0.1, 0.15) is 16.5 Å². The summed E-state index contributed by atoms with van der Waals surface area (Å²) in [7, 11) is 0. The van der Waals surface area contributed by atoms with E-state index >= 15 is 0 Å². The summed E-state index contributed by atoms with van der Waals surface area (Å²) in [5.41, 5.74) is 0.0626. The zero-order valence-electron chi connectivity index (χ0n) is 8.25. The average Bonchev–Trinajstić information content (AvgIpc) is 2.58. The lowest BCUT2D eigenvalue weighted by Crippen LogP contribution is -2.00. The van der Waals surface area contributed by atoms with Crippen LogP contribution in [-0.2, 0) is 0 Å². The summed E-state index contributed by atoms with van der Waals surface area (Å²) in [6.07, 6.45) is -1.09. The van der Waals surface area contributed by atoms with Gasteiger partial charge in [0.1, 0.15) is 17.7 Å². The van der Waals surface area contributed by atoms with Crippen LogP contribution in [0.4, 0.5) is 8.78 Å². The van der Waals surface area contributed by atoms with Gasteiger partial charge in [-0.3, -0.25) is 0 Å². The lowest BCUT2D eigenvalue weighted by Gasteiger charge is -2.09. The van der Waals surface area contributed by atoms with Crippen molar-refractivity contribution in [2.75, 3.05) is 0 Å². The maximum Gasteiger partial charge on any atom is 0.132 e. The molecule has 0 saturated heterocycles. The van der Waals surface area contributed by atoms with Crippen LogP contribution >= 0.6 is 43.2 Å². The molecule has 0 amide bonds. The van der Waals surface area contributed by atoms with E-state index in [0.717, 1.165) is 20.4 Å². The van der Waals surface area contributed by atoms with Crippen LogP contribution in [-0.4, -0.2) is 5.11 Å². The highest BCUT2D eigenvalue weighted by atomic mass is 79.9. The number of thiophene rings is 1. The summed E-state index contributed by atoms with van der Waals surface area (Å²) < 4.78 is 27.8. The molecule has 0 bridgehead atoms. The smallest absolute Gasteiger partial charge is 0.132 e. The number of rotatable bonds is 2. The van der Waals surface area contributed by atoms with Gasteiger partial charge in [-0.15, -0.1) is 11.3 Å². The molecule has 0 spiro atoms. The van der Waals surface area contributed by atoms with Gasteiger partial charge in [0.25, 0.3) is 0 Å². The van der Waals surface area contributed by atoms with Crippen molar-refractivity contribution >= 4 is 43.2 Å². The Hall–Kier alpha value is -0.300. The van der Waals surface area contributed by atoms with Gasteiger partial charge in [0.2, 0.25) is 0 Å². The van der Waals surface area contributed by atoms with E-state index in [2.05, 4.69) is 31.9 Å². The molecule has 1 nitrogen and oxygen atoms in total. The second kappa shape index (κ2) is 5.14. The standard InChI is InChI=1S/C11H6Br2F2OS/c12-7-4-9(17-11(7)13)10(16)6-2-1-5(14)3-8(6)15/h1-4,10,16H. The molecule has 1 N–H and O–H groups in total. The second-order valence-electron chi connectivity index (χ2n) is 3.34. The highest BCUT2D eigenvalue weighted by Crippen LogP contribution is 2.38. The lowest BCUT2D eigenvalue weighted by atomic mass is 10.1. The maximum atomic E-state index is 13.5. The molecule has 90 valence electrons. The Bertz CT molecular complexity index is 537. The molecular weight excluding hydrogens is 378 g/mol. The van der Waals surface area contributed by atoms with Gasteiger partial charge >= 0.3 is 0 Å². The molecular formula is C11H6Br2F2OS. The lowest BCUT2D eigenvalue weighted by molar-refractivity contribution is 0.218. The topological polar surface area (TPSA) is 20.2 Å². The Kier molecular flexibility index (Phi) is 3.97. The molecule has 0 aliphatic carbocycles. The molecule has 1 unspecified atom stereocenters. The van der Waals surface area contributed by atoms with E-state index in [-0.39, 0.29) is 5.56 Å². The predicted octanol–water partition coefficient (Wildman–Crippen LogP) is 4.63. The number of halogens is 4. The minimum Gasteiger partial charge on any atom is -0.383 e. The van der Waals surface area contributed by atoms with Gasteiger partial charge in [0.15, 0.2) is 0 Å². The fraction of sp³-hybridized carbons (Fsp3) is 0.0909. The largest absolute Gasteiger partial charge is 0.383 e. The quantitative estimate of drug-likeness (QED) is 0.801. The van der Waals surface area contributed by atoms with Crippen molar-refractivity contribution in [2.45, 2.75) is 6.10 Å². The van der Waals surface area contributed by atoms with Crippen LogP contribution in [0.15, 0.2) is 32.5 Å². The Morgan fingerprint density at radius 2 is 1.88 bits per heavy atom. The summed E-state index contributed by atoms with van der Waals surface area (Å²) >= 11 is 7.87. The van der Waals surface area contributed by atoms with E-state index in [0.29, 0.717) is 4.88 Å². The molecule has 0 saturated carbocycles. The van der Waals surface area contributed by atoms with Gasteiger partial charge in [0, 0.05) is 21.0 Å². The zero-order valence-corrected chi connectivity index (χ0v) is 12.2. The van der Waals surface area contributed by atoms with E-state index in [1.165, 1.54) is 17.4 Å². The Labute approximate surface area is 117 Å². The van der Waals surface area contributed by atoms with Crippen LogP contribution < -0.4 is 0 Å². The predicted molar refractivity (Wildman–Crippen MR) is 70.1 cm³/mol. The Morgan fingerprint density at radius 1 is 1.18 bits per heavy atom. The van der Waals surface area contributed by atoms with Crippen molar-refractivity contribution in [3.05, 3.63) is 54.6 Å². The number of hydrogen-bond donors (Lipinski definition) is 1. The van der Waals surface area contributed by atoms with Crippen molar-refractivity contribution in [3.63, 3.8) is 0 Å². The van der Waals surface area contributed by atoms with Crippen molar-refractivity contribution in [1.82, 2.24) is 0 Å². The minimum absolute atomic E-state index is 0.0626. The van der Waals surface area contributed by atoms with Crippen molar-refractivity contribution in [2.24, 2.45) is 0 Å². The average molecular weight is 384 g/mol. The molecule has 0 radical (unpaired) electrons. The molecule has 0 aliphatic rings. The fourth-order valence-corrected chi connectivity index (χ4v) is 3.47. The molecule has 0 aliphatic heterocycles. The molecule has 0 fully saturated rings. The number of aliphatic hydroxyl groups is 1. The SMILES string of the molecule is OC(c1cc(Br)c(Br)s1)c1ccc(F)cc1F. The first-order valence-corrected chi connectivity index (χ1v) is 6.97. The van der Waals surface area contributed by atoms with Gasteiger partial charge in [-0.25, -0.2) is 8.78 Å². The first kappa shape index (κ1) is 13.1. The van der Waals surface area contributed by atoms with Crippen molar-refractivity contribution in [3.8, 4) is 0 Å².